The molecule has 2 atom stereocenters. The lowest BCUT2D eigenvalue weighted by Gasteiger charge is -2.23. The molecular formula is C14H20N2O. The first kappa shape index (κ1) is 12.3. The Labute approximate surface area is 103 Å². The van der Waals surface area contributed by atoms with Crippen LogP contribution < -0.4 is 5.73 Å². The van der Waals surface area contributed by atoms with E-state index in [1.165, 1.54) is 5.56 Å². The molecule has 1 saturated heterocycles. The Morgan fingerprint density at radius 3 is 2.82 bits per heavy atom. The highest BCUT2D eigenvalue weighted by Crippen LogP contribution is 2.16. The van der Waals surface area contributed by atoms with Crippen molar-refractivity contribution in [2.45, 2.75) is 25.4 Å². The Morgan fingerprint density at radius 2 is 2.12 bits per heavy atom. The van der Waals surface area contributed by atoms with E-state index in [9.17, 15) is 4.79 Å². The summed E-state index contributed by atoms with van der Waals surface area (Å²) in [5.41, 5.74) is 7.29. The molecule has 1 aromatic rings. The number of hydrogen-bond donors (Lipinski definition) is 1. The van der Waals surface area contributed by atoms with Crippen LogP contribution in [0.3, 0.4) is 0 Å². The Bertz CT molecular complexity index is 352. The van der Waals surface area contributed by atoms with E-state index in [1.54, 1.807) is 0 Å². The predicted molar refractivity (Wildman–Crippen MR) is 68.5 cm³/mol. The van der Waals surface area contributed by atoms with Crippen molar-refractivity contribution in [2.75, 3.05) is 13.1 Å². The van der Waals surface area contributed by atoms with E-state index in [1.807, 2.05) is 6.07 Å². The lowest BCUT2D eigenvalue weighted by atomic mass is 9.99. The molecule has 0 aromatic heterocycles. The van der Waals surface area contributed by atoms with Crippen molar-refractivity contribution in [3.63, 3.8) is 0 Å². The van der Waals surface area contributed by atoms with Gasteiger partial charge in [-0.25, -0.2) is 0 Å². The monoisotopic (exact) mass is 232 g/mol. The fraction of sp³-hybridized carbons (Fsp3) is 0.500. The van der Waals surface area contributed by atoms with Crippen LogP contribution in [0.15, 0.2) is 30.3 Å². The van der Waals surface area contributed by atoms with Gasteiger partial charge in [-0.1, -0.05) is 30.3 Å². The van der Waals surface area contributed by atoms with Crippen LogP contribution in [-0.2, 0) is 11.3 Å². The Hall–Kier alpha value is -1.19. The number of carbonyl (C=O) groups is 1. The minimum absolute atomic E-state index is 0.0128. The molecule has 92 valence electrons. The van der Waals surface area contributed by atoms with Crippen LogP contribution in [0, 0.1) is 5.92 Å². The molecule has 1 aliphatic rings. The second-order valence-corrected chi connectivity index (χ2v) is 4.83. The third-order valence-corrected chi connectivity index (χ3v) is 3.45. The maximum Gasteiger partial charge on any atom is 0.125 e. The molecule has 2 N–H and O–H groups in total. The van der Waals surface area contributed by atoms with Gasteiger partial charge in [-0.3, -0.25) is 4.90 Å². The van der Waals surface area contributed by atoms with Crippen LogP contribution in [-0.4, -0.2) is 30.3 Å². The summed E-state index contributed by atoms with van der Waals surface area (Å²) in [5.74, 6) is -0.0128. The average Bonchev–Trinajstić information content (AvgIpc) is 2.52. The number of carbonyl (C=O) groups excluding carboxylic acids is 1. The SMILES string of the molecule is NC1CCCN(Cc2ccccc2)CC1C=O. The number of likely N-dealkylation sites (tertiary alicyclic amines) is 1. The molecule has 3 heteroatoms. The third-order valence-electron chi connectivity index (χ3n) is 3.45. The molecular weight excluding hydrogens is 212 g/mol. The summed E-state index contributed by atoms with van der Waals surface area (Å²) in [4.78, 5) is 13.3. The number of rotatable bonds is 3. The maximum absolute atomic E-state index is 11.0. The zero-order valence-corrected chi connectivity index (χ0v) is 10.1. The van der Waals surface area contributed by atoms with Crippen LogP contribution in [0.1, 0.15) is 18.4 Å². The number of nitrogens with two attached hydrogens (primary N) is 1. The van der Waals surface area contributed by atoms with Crippen molar-refractivity contribution in [1.29, 1.82) is 0 Å². The molecule has 1 heterocycles. The Kier molecular flexibility index (Phi) is 4.29. The number of nitrogens with zero attached hydrogens (tertiary/aromatic N) is 1. The van der Waals surface area contributed by atoms with Gasteiger partial charge in [-0.05, 0) is 24.9 Å². The van der Waals surface area contributed by atoms with E-state index in [0.29, 0.717) is 0 Å². The van der Waals surface area contributed by atoms with E-state index in [4.69, 9.17) is 5.73 Å². The molecule has 1 aromatic carbocycles. The van der Waals surface area contributed by atoms with Gasteiger partial charge in [-0.15, -0.1) is 0 Å². The van der Waals surface area contributed by atoms with E-state index in [-0.39, 0.29) is 12.0 Å². The average molecular weight is 232 g/mol. The van der Waals surface area contributed by atoms with E-state index < -0.39 is 0 Å². The second kappa shape index (κ2) is 5.94. The smallest absolute Gasteiger partial charge is 0.125 e. The molecule has 1 fully saturated rings. The van der Waals surface area contributed by atoms with Gasteiger partial charge in [0.05, 0.1) is 0 Å². The lowest BCUT2D eigenvalue weighted by molar-refractivity contribution is -0.112. The van der Waals surface area contributed by atoms with Crippen molar-refractivity contribution >= 4 is 6.29 Å². The molecule has 0 bridgehead atoms. The summed E-state index contributed by atoms with van der Waals surface area (Å²) in [6.45, 7) is 2.74. The highest BCUT2D eigenvalue weighted by Gasteiger charge is 2.23. The van der Waals surface area contributed by atoms with Crippen LogP contribution in [0.25, 0.3) is 0 Å². The minimum atomic E-state index is -0.0128. The van der Waals surface area contributed by atoms with Gasteiger partial charge in [0, 0.05) is 25.0 Å². The Balaban J connectivity index is 1.99. The molecule has 3 nitrogen and oxygen atoms in total. The quantitative estimate of drug-likeness (QED) is 0.802. The number of aldehydes is 1. The van der Waals surface area contributed by atoms with Crippen molar-refractivity contribution in [3.05, 3.63) is 35.9 Å². The van der Waals surface area contributed by atoms with Crippen LogP contribution in [0.5, 0.6) is 0 Å². The predicted octanol–water partition coefficient (Wildman–Crippen LogP) is 1.42. The number of benzene rings is 1. The van der Waals surface area contributed by atoms with Crippen molar-refractivity contribution in [1.82, 2.24) is 4.90 Å². The Morgan fingerprint density at radius 1 is 1.35 bits per heavy atom. The van der Waals surface area contributed by atoms with Crippen LogP contribution >= 0.6 is 0 Å². The van der Waals surface area contributed by atoms with Crippen molar-refractivity contribution in [2.24, 2.45) is 11.7 Å². The topological polar surface area (TPSA) is 46.3 Å². The summed E-state index contributed by atoms with van der Waals surface area (Å²) in [6.07, 6.45) is 3.06. The normalized spacial score (nSPS) is 26.4. The van der Waals surface area contributed by atoms with Gasteiger partial charge < -0.3 is 10.5 Å². The minimum Gasteiger partial charge on any atom is -0.327 e. The molecule has 1 aliphatic heterocycles. The van der Waals surface area contributed by atoms with Gasteiger partial charge in [0.25, 0.3) is 0 Å². The molecule has 0 amide bonds. The summed E-state index contributed by atoms with van der Waals surface area (Å²) in [6, 6.07) is 10.4. The van der Waals surface area contributed by atoms with Crippen molar-refractivity contribution < 1.29 is 4.79 Å². The van der Waals surface area contributed by atoms with Gasteiger partial charge in [-0.2, -0.15) is 0 Å². The van der Waals surface area contributed by atoms with Crippen molar-refractivity contribution in [3.8, 4) is 0 Å². The molecule has 17 heavy (non-hydrogen) atoms. The zero-order valence-electron chi connectivity index (χ0n) is 10.1. The molecule has 0 aliphatic carbocycles. The largest absolute Gasteiger partial charge is 0.327 e. The van der Waals surface area contributed by atoms with Gasteiger partial charge >= 0.3 is 0 Å². The molecule has 2 rings (SSSR count). The van der Waals surface area contributed by atoms with E-state index in [2.05, 4.69) is 29.2 Å². The molecule has 0 spiro atoms. The highest BCUT2D eigenvalue weighted by atomic mass is 16.1. The van der Waals surface area contributed by atoms with Gasteiger partial charge in [0.1, 0.15) is 6.29 Å². The molecule has 0 radical (unpaired) electrons. The first-order chi connectivity index (χ1) is 8.29. The second-order valence-electron chi connectivity index (χ2n) is 4.83. The molecule has 2 unspecified atom stereocenters. The first-order valence-electron chi connectivity index (χ1n) is 6.27. The highest BCUT2D eigenvalue weighted by molar-refractivity contribution is 5.55. The fourth-order valence-corrected chi connectivity index (χ4v) is 2.42. The summed E-state index contributed by atoms with van der Waals surface area (Å²) < 4.78 is 0. The molecule has 0 saturated carbocycles. The van der Waals surface area contributed by atoms with Crippen LogP contribution in [0.4, 0.5) is 0 Å². The number of hydrogen-bond acceptors (Lipinski definition) is 3. The zero-order chi connectivity index (χ0) is 12.1. The third kappa shape index (κ3) is 3.38. The first-order valence-corrected chi connectivity index (χ1v) is 6.27. The van der Waals surface area contributed by atoms with E-state index >= 15 is 0 Å². The summed E-state index contributed by atoms with van der Waals surface area (Å²) in [7, 11) is 0. The fourth-order valence-electron chi connectivity index (χ4n) is 2.42. The van der Waals surface area contributed by atoms with Crippen LogP contribution in [0.2, 0.25) is 0 Å². The summed E-state index contributed by atoms with van der Waals surface area (Å²) in [5, 5.41) is 0. The lowest BCUT2D eigenvalue weighted by Crippen LogP contribution is -2.36. The van der Waals surface area contributed by atoms with Gasteiger partial charge in [0.2, 0.25) is 0 Å². The maximum atomic E-state index is 11.0. The van der Waals surface area contributed by atoms with Gasteiger partial charge in [0.15, 0.2) is 0 Å². The van der Waals surface area contributed by atoms with E-state index in [0.717, 1.165) is 38.8 Å². The summed E-state index contributed by atoms with van der Waals surface area (Å²) >= 11 is 0. The standard InChI is InChI=1S/C14H20N2O/c15-14-7-4-8-16(10-13(14)11-17)9-12-5-2-1-3-6-12/h1-3,5-6,11,13-14H,4,7-10,15H2.